The van der Waals surface area contributed by atoms with E-state index in [0.717, 1.165) is 17.1 Å². The standard InChI is InChI=1S/C21H20ClNO2/c1-2-25-21(24)14-9-10-19-18(12-14)16-7-4-8-17(16)20(23-19)13-5-3-6-15(22)11-13/h3-7,9-12,16-17,20,23H,2,8H2,1H3/t16-,17+,20+/m1/s1. The largest absolute Gasteiger partial charge is 0.462 e. The highest BCUT2D eigenvalue weighted by atomic mass is 35.5. The minimum absolute atomic E-state index is 0.208. The minimum Gasteiger partial charge on any atom is -0.462 e. The molecule has 0 saturated heterocycles. The Kier molecular flexibility index (Phi) is 4.26. The van der Waals surface area contributed by atoms with Crippen molar-refractivity contribution in [2.24, 2.45) is 5.92 Å². The summed E-state index contributed by atoms with van der Waals surface area (Å²) in [6.07, 6.45) is 5.51. The van der Waals surface area contributed by atoms with Crippen LogP contribution in [0.2, 0.25) is 5.02 Å². The summed E-state index contributed by atoms with van der Waals surface area (Å²) in [6.45, 7) is 2.21. The van der Waals surface area contributed by atoms with Gasteiger partial charge in [0.1, 0.15) is 0 Å². The summed E-state index contributed by atoms with van der Waals surface area (Å²) in [6, 6.07) is 14.1. The summed E-state index contributed by atoms with van der Waals surface area (Å²) in [4.78, 5) is 12.1. The Balaban J connectivity index is 1.72. The number of nitrogens with one attached hydrogen (secondary N) is 1. The highest BCUT2D eigenvalue weighted by molar-refractivity contribution is 6.30. The summed E-state index contributed by atoms with van der Waals surface area (Å²) in [5.74, 6) is 0.457. The van der Waals surface area contributed by atoms with Gasteiger partial charge < -0.3 is 10.1 Å². The van der Waals surface area contributed by atoms with Gasteiger partial charge in [-0.3, -0.25) is 0 Å². The Morgan fingerprint density at radius 2 is 2.16 bits per heavy atom. The number of anilines is 1. The van der Waals surface area contributed by atoms with Gasteiger partial charge in [0.15, 0.2) is 0 Å². The second kappa shape index (κ2) is 6.57. The zero-order valence-electron chi connectivity index (χ0n) is 14.0. The number of halogens is 1. The van der Waals surface area contributed by atoms with Crippen LogP contribution in [-0.2, 0) is 4.74 Å². The predicted octanol–water partition coefficient (Wildman–Crippen LogP) is 5.34. The third-order valence-corrected chi connectivity index (χ3v) is 5.32. The highest BCUT2D eigenvalue weighted by Crippen LogP contribution is 2.50. The summed E-state index contributed by atoms with van der Waals surface area (Å²) >= 11 is 6.20. The number of ether oxygens (including phenoxy) is 1. The lowest BCUT2D eigenvalue weighted by atomic mass is 9.76. The molecule has 0 aromatic heterocycles. The van der Waals surface area contributed by atoms with Crippen LogP contribution in [-0.4, -0.2) is 12.6 Å². The molecule has 2 aliphatic rings. The summed E-state index contributed by atoms with van der Waals surface area (Å²) in [5, 5.41) is 4.41. The van der Waals surface area contributed by atoms with Gasteiger partial charge in [-0.1, -0.05) is 35.9 Å². The number of carbonyl (C=O) groups excluding carboxylic acids is 1. The van der Waals surface area contributed by atoms with Gasteiger partial charge in [0.25, 0.3) is 0 Å². The van der Waals surface area contributed by atoms with Crippen molar-refractivity contribution in [3.05, 3.63) is 76.3 Å². The number of rotatable bonds is 3. The smallest absolute Gasteiger partial charge is 0.338 e. The third-order valence-electron chi connectivity index (χ3n) is 5.08. The van der Waals surface area contributed by atoms with E-state index in [0.29, 0.717) is 24.0 Å². The van der Waals surface area contributed by atoms with Crippen LogP contribution in [0.4, 0.5) is 5.69 Å². The third kappa shape index (κ3) is 2.93. The van der Waals surface area contributed by atoms with E-state index in [1.54, 1.807) is 0 Å². The molecule has 0 radical (unpaired) electrons. The van der Waals surface area contributed by atoms with E-state index in [4.69, 9.17) is 16.3 Å². The van der Waals surface area contributed by atoms with Crippen molar-refractivity contribution in [1.29, 1.82) is 0 Å². The molecule has 0 amide bonds. The maximum absolute atomic E-state index is 12.1. The van der Waals surface area contributed by atoms with Gasteiger partial charge in [-0.25, -0.2) is 4.79 Å². The van der Waals surface area contributed by atoms with Crippen LogP contribution in [0.5, 0.6) is 0 Å². The minimum atomic E-state index is -0.263. The maximum atomic E-state index is 12.1. The quantitative estimate of drug-likeness (QED) is 0.597. The van der Waals surface area contributed by atoms with Gasteiger partial charge >= 0.3 is 5.97 Å². The monoisotopic (exact) mass is 353 g/mol. The van der Waals surface area contributed by atoms with E-state index in [-0.39, 0.29) is 12.0 Å². The van der Waals surface area contributed by atoms with Crippen molar-refractivity contribution in [3.8, 4) is 0 Å². The molecule has 0 spiro atoms. The molecule has 4 heteroatoms. The van der Waals surface area contributed by atoms with Gasteiger partial charge in [-0.05, 0) is 60.7 Å². The van der Waals surface area contributed by atoms with Crippen molar-refractivity contribution in [2.45, 2.75) is 25.3 Å². The van der Waals surface area contributed by atoms with Gasteiger partial charge in [-0.15, -0.1) is 0 Å². The fraction of sp³-hybridized carbons (Fsp3) is 0.286. The molecule has 0 fully saturated rings. The molecule has 2 aromatic carbocycles. The van der Waals surface area contributed by atoms with Gasteiger partial charge in [0, 0.05) is 16.6 Å². The van der Waals surface area contributed by atoms with E-state index >= 15 is 0 Å². The first-order chi connectivity index (χ1) is 12.2. The van der Waals surface area contributed by atoms with Crippen molar-refractivity contribution in [1.82, 2.24) is 0 Å². The topological polar surface area (TPSA) is 38.3 Å². The van der Waals surface area contributed by atoms with E-state index in [9.17, 15) is 4.79 Å². The molecule has 1 aliphatic carbocycles. The number of hydrogen-bond acceptors (Lipinski definition) is 3. The highest BCUT2D eigenvalue weighted by Gasteiger charge is 2.38. The number of hydrogen-bond donors (Lipinski definition) is 1. The van der Waals surface area contributed by atoms with Gasteiger partial charge in [0.05, 0.1) is 18.2 Å². The second-order valence-electron chi connectivity index (χ2n) is 6.55. The normalized spacial score (nSPS) is 23.5. The molecule has 1 heterocycles. The van der Waals surface area contributed by atoms with Crippen LogP contribution in [0.1, 0.15) is 46.8 Å². The summed E-state index contributed by atoms with van der Waals surface area (Å²) < 4.78 is 5.14. The van der Waals surface area contributed by atoms with Crippen LogP contribution >= 0.6 is 11.6 Å². The molecule has 2 aromatic rings. The average molecular weight is 354 g/mol. The molecular weight excluding hydrogens is 334 g/mol. The van der Waals surface area contributed by atoms with Gasteiger partial charge in [-0.2, -0.15) is 0 Å². The molecule has 0 saturated carbocycles. The zero-order chi connectivity index (χ0) is 17.4. The van der Waals surface area contributed by atoms with Crippen molar-refractivity contribution in [3.63, 3.8) is 0 Å². The second-order valence-corrected chi connectivity index (χ2v) is 6.99. The lowest BCUT2D eigenvalue weighted by molar-refractivity contribution is 0.0526. The summed E-state index contributed by atoms with van der Waals surface area (Å²) in [5.41, 5.74) is 4.06. The van der Waals surface area contributed by atoms with Crippen LogP contribution in [0.15, 0.2) is 54.6 Å². The van der Waals surface area contributed by atoms with Crippen LogP contribution in [0.25, 0.3) is 0 Å². The van der Waals surface area contributed by atoms with E-state index in [1.807, 2.05) is 43.3 Å². The first-order valence-corrected chi connectivity index (χ1v) is 9.05. The van der Waals surface area contributed by atoms with Crippen LogP contribution in [0.3, 0.4) is 0 Å². The van der Waals surface area contributed by atoms with Crippen LogP contribution in [0, 0.1) is 5.92 Å². The number of esters is 1. The molecule has 1 aliphatic heterocycles. The fourth-order valence-electron chi connectivity index (χ4n) is 3.97. The molecule has 1 N–H and O–H groups in total. The Hall–Kier alpha value is -2.26. The fourth-order valence-corrected chi connectivity index (χ4v) is 4.16. The molecular formula is C21H20ClNO2. The first-order valence-electron chi connectivity index (χ1n) is 8.67. The number of allylic oxidation sites excluding steroid dienone is 2. The molecule has 0 unspecified atom stereocenters. The Morgan fingerprint density at radius 3 is 2.96 bits per heavy atom. The molecule has 4 rings (SSSR count). The Labute approximate surface area is 152 Å². The van der Waals surface area contributed by atoms with E-state index < -0.39 is 0 Å². The zero-order valence-corrected chi connectivity index (χ0v) is 14.8. The predicted molar refractivity (Wildman–Crippen MR) is 100 cm³/mol. The van der Waals surface area contributed by atoms with Crippen molar-refractivity contribution < 1.29 is 9.53 Å². The molecule has 0 bridgehead atoms. The van der Waals surface area contributed by atoms with Crippen molar-refractivity contribution >= 4 is 23.3 Å². The lowest BCUT2D eigenvalue weighted by Crippen LogP contribution is -2.29. The van der Waals surface area contributed by atoms with Crippen LogP contribution < -0.4 is 5.32 Å². The Morgan fingerprint density at radius 1 is 1.28 bits per heavy atom. The first kappa shape index (κ1) is 16.2. The molecule has 25 heavy (non-hydrogen) atoms. The average Bonchev–Trinajstić information content (AvgIpc) is 3.11. The maximum Gasteiger partial charge on any atom is 0.338 e. The van der Waals surface area contributed by atoms with Crippen molar-refractivity contribution in [2.75, 3.05) is 11.9 Å². The molecule has 3 atom stereocenters. The SMILES string of the molecule is CCOC(=O)c1ccc2c(c1)[C@@H]1C=CC[C@@H]1[C@H](c1cccc(Cl)c1)N2. The molecule has 3 nitrogen and oxygen atoms in total. The number of carbonyl (C=O) groups is 1. The number of benzene rings is 2. The van der Waals surface area contributed by atoms with Gasteiger partial charge in [0.2, 0.25) is 0 Å². The molecule has 128 valence electrons. The Bertz CT molecular complexity index is 846. The van der Waals surface area contributed by atoms with E-state index in [1.165, 1.54) is 11.1 Å². The number of fused-ring (bicyclic) bond motifs is 3. The van der Waals surface area contributed by atoms with E-state index in [2.05, 4.69) is 23.5 Å². The summed E-state index contributed by atoms with van der Waals surface area (Å²) in [7, 11) is 0. The lowest BCUT2D eigenvalue weighted by Gasteiger charge is -2.37.